The first-order valence-electron chi connectivity index (χ1n) is 7.37. The van der Waals surface area contributed by atoms with Crippen LogP contribution in [-0.4, -0.2) is 48.7 Å². The van der Waals surface area contributed by atoms with Gasteiger partial charge >= 0.3 is 5.97 Å². The minimum Gasteiger partial charge on any atom is -0.468 e. The van der Waals surface area contributed by atoms with Crippen LogP contribution in [0.15, 0.2) is 24.3 Å². The molecule has 0 aliphatic carbocycles. The zero-order chi connectivity index (χ0) is 17.9. The van der Waals surface area contributed by atoms with Gasteiger partial charge in [-0.15, -0.1) is 0 Å². The fourth-order valence-electron chi connectivity index (χ4n) is 2.41. The Kier molecular flexibility index (Phi) is 5.54. The summed E-state index contributed by atoms with van der Waals surface area (Å²) in [7, 11) is -2.46. The van der Waals surface area contributed by atoms with Crippen molar-refractivity contribution in [3.63, 3.8) is 0 Å². The standard InChI is InChI=1S/C15H19N2O6P/c1-4-23-24(21,16-10(2)15(20)22-3)9-17-13(18)11-7-5-6-8-12(11)14(17)19/h5-8,10H,4,9H2,1-3H3,(H,16,21)/t10-,24?/m0/s1. The Balaban J connectivity index is 2.22. The minimum atomic E-state index is -3.66. The van der Waals surface area contributed by atoms with Gasteiger partial charge in [-0.1, -0.05) is 12.1 Å². The first-order valence-corrected chi connectivity index (χ1v) is 9.18. The quantitative estimate of drug-likeness (QED) is 0.451. The number of methoxy groups -OCH3 is 1. The van der Waals surface area contributed by atoms with Crippen LogP contribution in [0.1, 0.15) is 34.6 Å². The number of benzene rings is 1. The number of hydrogen-bond donors (Lipinski definition) is 1. The Labute approximate surface area is 139 Å². The van der Waals surface area contributed by atoms with Crippen molar-refractivity contribution in [3.8, 4) is 0 Å². The van der Waals surface area contributed by atoms with Crippen LogP contribution < -0.4 is 5.09 Å². The third-order valence-corrected chi connectivity index (χ3v) is 5.60. The number of nitrogens with one attached hydrogen (secondary N) is 1. The highest BCUT2D eigenvalue weighted by molar-refractivity contribution is 7.56. The highest BCUT2D eigenvalue weighted by Gasteiger charge is 2.41. The monoisotopic (exact) mass is 354 g/mol. The minimum absolute atomic E-state index is 0.0847. The molecule has 1 unspecified atom stereocenters. The second-order valence-corrected chi connectivity index (χ2v) is 7.34. The zero-order valence-electron chi connectivity index (χ0n) is 13.6. The fourth-order valence-corrected chi connectivity index (χ4v) is 4.39. The van der Waals surface area contributed by atoms with E-state index in [9.17, 15) is 18.9 Å². The maximum absolute atomic E-state index is 13.0. The summed E-state index contributed by atoms with van der Waals surface area (Å²) in [6.45, 7) is 3.17. The second kappa shape index (κ2) is 7.25. The maximum Gasteiger partial charge on any atom is 0.323 e. The predicted molar refractivity (Wildman–Crippen MR) is 85.7 cm³/mol. The van der Waals surface area contributed by atoms with E-state index in [-0.39, 0.29) is 17.7 Å². The van der Waals surface area contributed by atoms with E-state index in [1.807, 2.05) is 0 Å². The van der Waals surface area contributed by atoms with Gasteiger partial charge in [0.15, 0.2) is 0 Å². The Hall–Kier alpha value is -2.02. The van der Waals surface area contributed by atoms with Crippen LogP contribution in [0.2, 0.25) is 0 Å². The summed E-state index contributed by atoms with van der Waals surface area (Å²) in [5.74, 6) is -1.71. The molecule has 1 heterocycles. The molecule has 1 N–H and O–H groups in total. The van der Waals surface area contributed by atoms with Crippen LogP contribution >= 0.6 is 7.52 Å². The van der Waals surface area contributed by atoms with Crippen molar-refractivity contribution in [1.82, 2.24) is 9.99 Å². The highest BCUT2D eigenvalue weighted by Crippen LogP contribution is 2.45. The number of rotatable bonds is 7. The van der Waals surface area contributed by atoms with E-state index in [2.05, 4.69) is 9.82 Å². The SMILES string of the molecule is CCOP(=O)(CN1C(=O)c2ccccc2C1=O)N[C@@H](C)C(=O)OC. The van der Waals surface area contributed by atoms with Crippen molar-refractivity contribution in [1.29, 1.82) is 0 Å². The van der Waals surface area contributed by atoms with Gasteiger partial charge < -0.3 is 9.26 Å². The van der Waals surface area contributed by atoms with E-state index in [1.54, 1.807) is 19.1 Å². The molecule has 0 fully saturated rings. The molecule has 0 bridgehead atoms. The summed E-state index contributed by atoms with van der Waals surface area (Å²) in [6.07, 6.45) is -0.464. The van der Waals surface area contributed by atoms with Crippen LogP contribution in [0.25, 0.3) is 0 Å². The first-order chi connectivity index (χ1) is 11.3. The summed E-state index contributed by atoms with van der Waals surface area (Å²) in [6, 6.07) is 5.44. The van der Waals surface area contributed by atoms with E-state index < -0.39 is 37.6 Å². The van der Waals surface area contributed by atoms with Gasteiger partial charge in [-0.05, 0) is 26.0 Å². The van der Waals surface area contributed by atoms with E-state index in [0.717, 1.165) is 4.90 Å². The van der Waals surface area contributed by atoms with Gasteiger partial charge in [0.2, 0.25) is 0 Å². The molecule has 9 heteroatoms. The van der Waals surface area contributed by atoms with Gasteiger partial charge in [0, 0.05) is 0 Å². The lowest BCUT2D eigenvalue weighted by atomic mass is 10.1. The lowest BCUT2D eigenvalue weighted by Crippen LogP contribution is -2.39. The van der Waals surface area contributed by atoms with Crippen LogP contribution in [0.5, 0.6) is 0 Å². The largest absolute Gasteiger partial charge is 0.468 e. The average molecular weight is 354 g/mol. The van der Waals surface area contributed by atoms with E-state index in [1.165, 1.54) is 26.2 Å². The molecule has 130 valence electrons. The summed E-state index contributed by atoms with van der Waals surface area (Å²) >= 11 is 0. The van der Waals surface area contributed by atoms with E-state index in [4.69, 9.17) is 4.52 Å². The van der Waals surface area contributed by atoms with Crippen molar-refractivity contribution in [2.45, 2.75) is 19.9 Å². The molecular weight excluding hydrogens is 335 g/mol. The number of nitrogens with zero attached hydrogens (tertiary/aromatic N) is 1. The average Bonchev–Trinajstić information content (AvgIpc) is 2.79. The van der Waals surface area contributed by atoms with Gasteiger partial charge in [0.25, 0.3) is 19.3 Å². The normalized spacial score (nSPS) is 17.4. The van der Waals surface area contributed by atoms with Crippen LogP contribution in [0.4, 0.5) is 0 Å². The van der Waals surface area contributed by atoms with Crippen molar-refractivity contribution < 1.29 is 28.2 Å². The number of amides is 2. The van der Waals surface area contributed by atoms with Gasteiger partial charge in [-0.2, -0.15) is 0 Å². The van der Waals surface area contributed by atoms with Gasteiger partial charge in [0.05, 0.1) is 24.8 Å². The molecule has 24 heavy (non-hydrogen) atoms. The molecule has 2 atom stereocenters. The molecule has 1 aromatic rings. The molecule has 0 saturated carbocycles. The first kappa shape index (κ1) is 18.3. The van der Waals surface area contributed by atoms with Crippen molar-refractivity contribution in [2.75, 3.05) is 20.0 Å². The second-order valence-electron chi connectivity index (χ2n) is 5.19. The van der Waals surface area contributed by atoms with Gasteiger partial charge in [0.1, 0.15) is 12.3 Å². The van der Waals surface area contributed by atoms with E-state index >= 15 is 0 Å². The number of esters is 1. The molecular formula is C15H19N2O6P. The molecule has 8 nitrogen and oxygen atoms in total. The molecule has 0 saturated heterocycles. The van der Waals surface area contributed by atoms with E-state index in [0.29, 0.717) is 0 Å². The third-order valence-electron chi connectivity index (χ3n) is 3.49. The number of carbonyl (C=O) groups excluding carboxylic acids is 3. The number of ether oxygens (including phenoxy) is 1. The highest BCUT2D eigenvalue weighted by atomic mass is 31.2. The number of imide groups is 1. The number of hydrogen-bond acceptors (Lipinski definition) is 6. The fraction of sp³-hybridized carbons (Fsp3) is 0.400. The topological polar surface area (TPSA) is 102 Å². The van der Waals surface area contributed by atoms with Gasteiger partial charge in [-0.25, -0.2) is 5.09 Å². The lowest BCUT2D eigenvalue weighted by molar-refractivity contribution is -0.142. The maximum atomic E-state index is 13.0. The Morgan fingerprint density at radius 1 is 1.25 bits per heavy atom. The smallest absolute Gasteiger partial charge is 0.323 e. The molecule has 0 aromatic heterocycles. The molecule has 0 spiro atoms. The lowest BCUT2D eigenvalue weighted by Gasteiger charge is -2.25. The molecule has 2 amide bonds. The Morgan fingerprint density at radius 3 is 2.25 bits per heavy atom. The summed E-state index contributed by atoms with van der Waals surface area (Å²) in [5, 5.41) is 2.55. The summed E-state index contributed by atoms with van der Waals surface area (Å²) < 4.78 is 22.8. The third kappa shape index (κ3) is 3.56. The van der Waals surface area contributed by atoms with Crippen LogP contribution in [0.3, 0.4) is 0 Å². The Bertz CT molecular complexity index is 685. The molecule has 1 aliphatic rings. The summed E-state index contributed by atoms with van der Waals surface area (Å²) in [5.41, 5.74) is 0.512. The summed E-state index contributed by atoms with van der Waals surface area (Å²) in [4.78, 5) is 37.2. The van der Waals surface area contributed by atoms with Crippen molar-refractivity contribution in [2.24, 2.45) is 0 Å². The zero-order valence-corrected chi connectivity index (χ0v) is 14.5. The molecule has 0 radical (unpaired) electrons. The predicted octanol–water partition coefficient (Wildman–Crippen LogP) is 1.62. The Morgan fingerprint density at radius 2 is 1.79 bits per heavy atom. The molecule has 1 aromatic carbocycles. The van der Waals surface area contributed by atoms with Crippen LogP contribution in [0, 0.1) is 0 Å². The molecule has 2 rings (SSSR count). The number of carbonyl (C=O) groups is 3. The van der Waals surface area contributed by atoms with Gasteiger partial charge in [-0.3, -0.25) is 23.8 Å². The van der Waals surface area contributed by atoms with Crippen molar-refractivity contribution >= 4 is 25.3 Å². The molecule has 1 aliphatic heterocycles. The van der Waals surface area contributed by atoms with Crippen LogP contribution in [-0.2, 0) is 18.6 Å². The van der Waals surface area contributed by atoms with Crippen molar-refractivity contribution in [3.05, 3.63) is 35.4 Å². The number of fused-ring (bicyclic) bond motifs is 1.